The minimum absolute atomic E-state index is 0.0390. The Hall–Kier alpha value is -2.18. The molecule has 1 aromatic heterocycles. The van der Waals surface area contributed by atoms with E-state index in [1.54, 1.807) is 6.07 Å². The Labute approximate surface area is 145 Å². The molecular weight excluding hydrogens is 322 g/mol. The van der Waals surface area contributed by atoms with Gasteiger partial charge in [-0.3, -0.25) is 9.59 Å². The van der Waals surface area contributed by atoms with Crippen LogP contribution in [0.4, 0.5) is 0 Å². The topological polar surface area (TPSA) is 75.4 Å². The van der Waals surface area contributed by atoms with Crippen molar-refractivity contribution in [1.82, 2.24) is 10.2 Å². The fraction of sp³-hybridized carbons (Fsp3) is 0.333. The average Bonchev–Trinajstić information content (AvgIpc) is 3.30. The van der Waals surface area contributed by atoms with Gasteiger partial charge in [-0.15, -0.1) is 11.3 Å². The van der Waals surface area contributed by atoms with Crippen LogP contribution >= 0.6 is 11.3 Å². The van der Waals surface area contributed by atoms with E-state index in [9.17, 15) is 9.59 Å². The summed E-state index contributed by atoms with van der Waals surface area (Å²) >= 11 is 1.42. The molecule has 2 heterocycles. The largest absolute Gasteiger partial charge is 0.347 e. The first-order valence-electron chi connectivity index (χ1n) is 8.10. The quantitative estimate of drug-likeness (QED) is 0.874. The van der Waals surface area contributed by atoms with E-state index in [2.05, 4.69) is 5.32 Å². The number of nitrogens with two attached hydrogens (primary N) is 1. The summed E-state index contributed by atoms with van der Waals surface area (Å²) < 4.78 is 0. The molecule has 0 saturated carbocycles. The van der Waals surface area contributed by atoms with Crippen molar-refractivity contribution in [2.45, 2.75) is 25.4 Å². The normalized spacial score (nSPS) is 17.0. The van der Waals surface area contributed by atoms with Gasteiger partial charge in [-0.25, -0.2) is 0 Å². The summed E-state index contributed by atoms with van der Waals surface area (Å²) in [5, 5.41) is 4.76. The molecule has 0 bridgehead atoms. The van der Waals surface area contributed by atoms with Gasteiger partial charge in [0, 0.05) is 31.2 Å². The number of nitrogens with zero attached hydrogens (tertiary/aromatic N) is 1. The molecule has 3 rings (SSSR count). The Morgan fingerprint density at radius 2 is 2.04 bits per heavy atom. The lowest BCUT2D eigenvalue weighted by molar-refractivity contribution is 0.0741. The number of hydrogen-bond donors (Lipinski definition) is 2. The van der Waals surface area contributed by atoms with E-state index < -0.39 is 0 Å². The number of carbonyl (C=O) groups is 2. The number of carbonyl (C=O) groups excluding carboxylic acids is 2. The Balaban J connectivity index is 1.59. The van der Waals surface area contributed by atoms with Gasteiger partial charge in [0.2, 0.25) is 0 Å². The fourth-order valence-corrected chi connectivity index (χ4v) is 3.60. The van der Waals surface area contributed by atoms with E-state index in [4.69, 9.17) is 5.73 Å². The van der Waals surface area contributed by atoms with Gasteiger partial charge >= 0.3 is 0 Å². The van der Waals surface area contributed by atoms with E-state index in [0.29, 0.717) is 23.5 Å². The van der Waals surface area contributed by atoms with Crippen molar-refractivity contribution in [2.24, 2.45) is 5.73 Å². The van der Waals surface area contributed by atoms with Crippen LogP contribution in [0, 0.1) is 0 Å². The lowest BCUT2D eigenvalue weighted by Crippen LogP contribution is -2.39. The number of nitrogens with one attached hydrogen (secondary N) is 1. The van der Waals surface area contributed by atoms with Crippen molar-refractivity contribution >= 4 is 23.2 Å². The van der Waals surface area contributed by atoms with E-state index >= 15 is 0 Å². The minimum Gasteiger partial charge on any atom is -0.347 e. The monoisotopic (exact) mass is 343 g/mol. The molecule has 2 aromatic rings. The maximum atomic E-state index is 12.6. The molecule has 5 nitrogen and oxygen atoms in total. The second-order valence-electron chi connectivity index (χ2n) is 5.89. The molecule has 1 aliphatic rings. The van der Waals surface area contributed by atoms with Crippen LogP contribution in [0.5, 0.6) is 0 Å². The molecular formula is C18H21N3O2S. The van der Waals surface area contributed by atoms with Crippen LogP contribution < -0.4 is 11.1 Å². The van der Waals surface area contributed by atoms with E-state index in [1.165, 1.54) is 11.3 Å². The third-order valence-corrected chi connectivity index (χ3v) is 5.18. The molecule has 2 amide bonds. The van der Waals surface area contributed by atoms with Crippen LogP contribution in [0.2, 0.25) is 0 Å². The van der Waals surface area contributed by atoms with Gasteiger partial charge in [-0.1, -0.05) is 18.2 Å². The standard InChI is InChI=1S/C18H21N3O2S/c19-11-15-3-1-9-21(15)18(23)14-7-5-13(6-8-14)12-20-17(22)16-4-2-10-24-16/h2,4-8,10,15H,1,3,9,11-12,19H2,(H,20,22). The molecule has 1 unspecified atom stereocenters. The first-order chi connectivity index (χ1) is 11.7. The zero-order valence-corrected chi connectivity index (χ0v) is 14.2. The van der Waals surface area contributed by atoms with Crippen LogP contribution in [-0.4, -0.2) is 35.8 Å². The van der Waals surface area contributed by atoms with Gasteiger partial charge < -0.3 is 16.0 Å². The van der Waals surface area contributed by atoms with Crippen LogP contribution in [-0.2, 0) is 6.54 Å². The molecule has 0 spiro atoms. The lowest BCUT2D eigenvalue weighted by Gasteiger charge is -2.23. The average molecular weight is 343 g/mol. The third-order valence-electron chi connectivity index (χ3n) is 4.31. The summed E-state index contributed by atoms with van der Waals surface area (Å²) in [4.78, 5) is 27.0. The highest BCUT2D eigenvalue weighted by atomic mass is 32.1. The first kappa shape index (κ1) is 16.7. The number of thiophene rings is 1. The van der Waals surface area contributed by atoms with Gasteiger partial charge in [0.05, 0.1) is 4.88 Å². The maximum absolute atomic E-state index is 12.6. The Morgan fingerprint density at radius 3 is 2.71 bits per heavy atom. The highest BCUT2D eigenvalue weighted by molar-refractivity contribution is 7.12. The van der Waals surface area contributed by atoms with Gasteiger partial charge in [-0.05, 0) is 42.0 Å². The van der Waals surface area contributed by atoms with Gasteiger partial charge in [0.25, 0.3) is 11.8 Å². The molecule has 1 fully saturated rings. The highest BCUT2D eigenvalue weighted by Gasteiger charge is 2.28. The molecule has 1 aliphatic heterocycles. The van der Waals surface area contributed by atoms with E-state index in [1.807, 2.05) is 40.6 Å². The van der Waals surface area contributed by atoms with E-state index in [-0.39, 0.29) is 17.9 Å². The van der Waals surface area contributed by atoms with Crippen LogP contribution in [0.1, 0.15) is 38.4 Å². The maximum Gasteiger partial charge on any atom is 0.261 e. The van der Waals surface area contributed by atoms with Gasteiger partial charge in [0.15, 0.2) is 0 Å². The lowest BCUT2D eigenvalue weighted by atomic mass is 10.1. The fourth-order valence-electron chi connectivity index (χ4n) is 2.96. The Morgan fingerprint density at radius 1 is 1.25 bits per heavy atom. The zero-order valence-electron chi connectivity index (χ0n) is 13.4. The molecule has 1 aromatic carbocycles. The van der Waals surface area contributed by atoms with Gasteiger partial charge in [-0.2, -0.15) is 0 Å². The summed E-state index contributed by atoms with van der Waals surface area (Å²) in [6, 6.07) is 11.2. The number of likely N-dealkylation sites (tertiary alicyclic amines) is 1. The van der Waals surface area contributed by atoms with Crippen molar-refractivity contribution in [2.75, 3.05) is 13.1 Å². The number of hydrogen-bond acceptors (Lipinski definition) is 4. The molecule has 0 radical (unpaired) electrons. The molecule has 1 saturated heterocycles. The molecule has 126 valence electrons. The third kappa shape index (κ3) is 3.66. The SMILES string of the molecule is NCC1CCCN1C(=O)c1ccc(CNC(=O)c2cccs2)cc1. The second-order valence-corrected chi connectivity index (χ2v) is 6.83. The molecule has 24 heavy (non-hydrogen) atoms. The van der Waals surface area contributed by atoms with Crippen LogP contribution in [0.3, 0.4) is 0 Å². The zero-order chi connectivity index (χ0) is 16.9. The van der Waals surface area contributed by atoms with Crippen molar-refractivity contribution < 1.29 is 9.59 Å². The predicted molar refractivity (Wildman–Crippen MR) is 95.0 cm³/mol. The minimum atomic E-state index is -0.0759. The molecule has 1 atom stereocenters. The van der Waals surface area contributed by atoms with Crippen molar-refractivity contribution in [3.05, 3.63) is 57.8 Å². The van der Waals surface area contributed by atoms with Crippen molar-refractivity contribution in [3.8, 4) is 0 Å². The smallest absolute Gasteiger partial charge is 0.261 e. The second kappa shape index (κ2) is 7.59. The number of rotatable bonds is 5. The Kier molecular flexibility index (Phi) is 5.27. The molecule has 6 heteroatoms. The summed E-state index contributed by atoms with van der Waals surface area (Å²) in [5.74, 6) is -0.0369. The molecule has 3 N–H and O–H groups in total. The van der Waals surface area contributed by atoms with E-state index in [0.717, 1.165) is 24.9 Å². The van der Waals surface area contributed by atoms with Gasteiger partial charge in [0.1, 0.15) is 0 Å². The number of benzene rings is 1. The van der Waals surface area contributed by atoms with Crippen molar-refractivity contribution in [3.63, 3.8) is 0 Å². The predicted octanol–water partition coefficient (Wildman–Crippen LogP) is 2.24. The Bertz CT molecular complexity index is 698. The first-order valence-corrected chi connectivity index (χ1v) is 8.98. The van der Waals surface area contributed by atoms with Crippen molar-refractivity contribution in [1.29, 1.82) is 0 Å². The summed E-state index contributed by atoms with van der Waals surface area (Å²) in [6.07, 6.45) is 2.00. The number of amides is 2. The summed E-state index contributed by atoms with van der Waals surface area (Å²) in [6.45, 7) is 1.73. The highest BCUT2D eigenvalue weighted by Crippen LogP contribution is 2.19. The summed E-state index contributed by atoms with van der Waals surface area (Å²) in [7, 11) is 0. The molecule has 0 aliphatic carbocycles. The van der Waals surface area contributed by atoms with Crippen LogP contribution in [0.15, 0.2) is 41.8 Å². The summed E-state index contributed by atoms with van der Waals surface area (Å²) in [5.41, 5.74) is 7.38. The van der Waals surface area contributed by atoms with Crippen LogP contribution in [0.25, 0.3) is 0 Å².